The van der Waals surface area contributed by atoms with Gasteiger partial charge < -0.3 is 0 Å². The maximum absolute atomic E-state index is 13.5. The van der Waals surface area contributed by atoms with E-state index in [1.54, 1.807) is 0 Å². The van der Waals surface area contributed by atoms with Crippen molar-refractivity contribution in [3.8, 4) is 0 Å². The maximum atomic E-state index is 13.5. The van der Waals surface area contributed by atoms with Gasteiger partial charge in [-0.2, -0.15) is 0 Å². The van der Waals surface area contributed by atoms with Gasteiger partial charge in [0, 0.05) is 5.39 Å². The van der Waals surface area contributed by atoms with Crippen LogP contribution in [-0.2, 0) is 0 Å². The zero-order chi connectivity index (χ0) is 11.0. The molecule has 2 rings (SSSR count). The molecule has 0 spiro atoms. The summed E-state index contributed by atoms with van der Waals surface area (Å²) in [4.78, 5) is 10.4. The van der Waals surface area contributed by atoms with Crippen LogP contribution in [0, 0.1) is 17.5 Å². The van der Waals surface area contributed by atoms with Crippen LogP contribution in [0.1, 0.15) is 10.4 Å². The van der Waals surface area contributed by atoms with Crippen molar-refractivity contribution in [2.75, 3.05) is 0 Å². The number of fused-ring (bicyclic) bond motifs is 1. The number of carbonyl (C=O) groups excluding carboxylic acids is 1. The van der Waals surface area contributed by atoms with Gasteiger partial charge in [-0.05, 0) is 23.6 Å². The smallest absolute Gasteiger partial charge is 0.159 e. The molecule has 2 aromatic carbocycles. The first-order valence-electron chi connectivity index (χ1n) is 4.16. The van der Waals surface area contributed by atoms with Gasteiger partial charge in [0.05, 0.1) is 5.56 Å². The van der Waals surface area contributed by atoms with Crippen LogP contribution >= 0.6 is 0 Å². The number of benzene rings is 2. The van der Waals surface area contributed by atoms with Crippen LogP contribution in [-0.4, -0.2) is 6.29 Å². The Bertz CT molecular complexity index is 549. The summed E-state index contributed by atoms with van der Waals surface area (Å²) in [7, 11) is 0. The number of halogens is 3. The normalized spacial score (nSPS) is 10.6. The second-order valence-corrected chi connectivity index (χ2v) is 3.07. The molecule has 0 radical (unpaired) electrons. The number of hydrogen-bond acceptors (Lipinski definition) is 1. The van der Waals surface area contributed by atoms with E-state index in [-0.39, 0.29) is 16.3 Å². The van der Waals surface area contributed by atoms with Crippen molar-refractivity contribution in [1.82, 2.24) is 0 Å². The van der Waals surface area contributed by atoms with Gasteiger partial charge in [-0.3, -0.25) is 4.79 Å². The van der Waals surface area contributed by atoms with E-state index in [0.717, 1.165) is 12.1 Å². The molecule has 0 saturated carbocycles. The lowest BCUT2D eigenvalue weighted by Crippen LogP contribution is -1.92. The van der Waals surface area contributed by atoms with Crippen LogP contribution in [0.25, 0.3) is 10.8 Å². The first-order chi connectivity index (χ1) is 7.13. The average Bonchev–Trinajstić information content (AvgIpc) is 2.22. The van der Waals surface area contributed by atoms with Crippen LogP contribution in [0.3, 0.4) is 0 Å². The van der Waals surface area contributed by atoms with Gasteiger partial charge in [-0.1, -0.05) is 6.07 Å². The lowest BCUT2D eigenvalue weighted by molar-refractivity contribution is 0.112. The van der Waals surface area contributed by atoms with E-state index in [1.807, 2.05) is 0 Å². The number of aldehydes is 1. The average molecular weight is 210 g/mol. The Hall–Kier alpha value is -1.84. The summed E-state index contributed by atoms with van der Waals surface area (Å²) in [5.74, 6) is -3.01. The summed E-state index contributed by atoms with van der Waals surface area (Å²) >= 11 is 0. The van der Waals surface area contributed by atoms with Crippen molar-refractivity contribution >= 4 is 17.1 Å². The second-order valence-electron chi connectivity index (χ2n) is 3.07. The van der Waals surface area contributed by atoms with Crippen LogP contribution < -0.4 is 0 Å². The summed E-state index contributed by atoms with van der Waals surface area (Å²) in [6.07, 6.45) is 0.329. The minimum Gasteiger partial charge on any atom is -0.298 e. The third-order valence-corrected chi connectivity index (χ3v) is 2.15. The molecule has 76 valence electrons. The topological polar surface area (TPSA) is 17.1 Å². The van der Waals surface area contributed by atoms with E-state index in [2.05, 4.69) is 0 Å². The molecule has 0 aromatic heterocycles. The Balaban J connectivity index is 2.87. The summed E-state index contributed by atoms with van der Waals surface area (Å²) in [6.45, 7) is 0. The van der Waals surface area contributed by atoms with Gasteiger partial charge in [0.25, 0.3) is 0 Å². The molecule has 0 fully saturated rings. The molecule has 0 unspecified atom stereocenters. The standard InChI is InChI=1S/C11H5F3O/c12-9-3-6-1-2-7(5-15)11(14)8(6)4-10(9)13/h1-5H. The van der Waals surface area contributed by atoms with Crippen LogP contribution in [0.15, 0.2) is 24.3 Å². The molecule has 15 heavy (non-hydrogen) atoms. The molecule has 0 aliphatic heterocycles. The van der Waals surface area contributed by atoms with Crippen molar-refractivity contribution in [2.24, 2.45) is 0 Å². The molecule has 0 bridgehead atoms. The predicted molar refractivity (Wildman–Crippen MR) is 49.2 cm³/mol. The van der Waals surface area contributed by atoms with Crippen molar-refractivity contribution in [3.05, 3.63) is 47.3 Å². The highest BCUT2D eigenvalue weighted by atomic mass is 19.2. The fourth-order valence-electron chi connectivity index (χ4n) is 1.39. The van der Waals surface area contributed by atoms with E-state index in [9.17, 15) is 18.0 Å². The Morgan fingerprint density at radius 2 is 1.67 bits per heavy atom. The minimum atomic E-state index is -1.13. The molecule has 2 aromatic rings. The van der Waals surface area contributed by atoms with Crippen LogP contribution in [0.4, 0.5) is 13.2 Å². The number of carbonyl (C=O) groups is 1. The van der Waals surface area contributed by atoms with Crippen molar-refractivity contribution in [3.63, 3.8) is 0 Å². The molecule has 0 heterocycles. The predicted octanol–water partition coefficient (Wildman–Crippen LogP) is 3.07. The van der Waals surface area contributed by atoms with Crippen molar-refractivity contribution < 1.29 is 18.0 Å². The zero-order valence-electron chi connectivity index (χ0n) is 7.43. The van der Waals surface area contributed by atoms with Crippen molar-refractivity contribution in [2.45, 2.75) is 0 Å². The lowest BCUT2D eigenvalue weighted by Gasteiger charge is -2.02. The third kappa shape index (κ3) is 1.48. The molecule has 1 nitrogen and oxygen atoms in total. The number of hydrogen-bond donors (Lipinski definition) is 0. The molecule has 0 amide bonds. The second kappa shape index (κ2) is 3.38. The monoisotopic (exact) mass is 210 g/mol. The van der Waals surface area contributed by atoms with E-state index >= 15 is 0 Å². The highest BCUT2D eigenvalue weighted by Crippen LogP contribution is 2.23. The summed E-state index contributed by atoms with van der Waals surface area (Å²) in [6, 6.07) is 4.22. The van der Waals surface area contributed by atoms with Gasteiger partial charge in [-0.25, -0.2) is 13.2 Å². The maximum Gasteiger partial charge on any atom is 0.159 e. The first kappa shape index (κ1) is 9.71. The minimum absolute atomic E-state index is 0.0986. The van der Waals surface area contributed by atoms with Gasteiger partial charge >= 0.3 is 0 Å². The number of rotatable bonds is 1. The SMILES string of the molecule is O=Cc1ccc2cc(F)c(F)cc2c1F. The van der Waals surface area contributed by atoms with E-state index in [1.165, 1.54) is 12.1 Å². The Kier molecular flexibility index (Phi) is 2.19. The Morgan fingerprint density at radius 3 is 2.33 bits per heavy atom. The van der Waals surface area contributed by atoms with Crippen LogP contribution in [0.2, 0.25) is 0 Å². The highest BCUT2D eigenvalue weighted by molar-refractivity contribution is 5.89. The quantitative estimate of drug-likeness (QED) is 0.661. The fourth-order valence-corrected chi connectivity index (χ4v) is 1.39. The van der Waals surface area contributed by atoms with Gasteiger partial charge in [0.2, 0.25) is 0 Å². The van der Waals surface area contributed by atoms with Crippen molar-refractivity contribution in [1.29, 1.82) is 0 Å². The van der Waals surface area contributed by atoms with Gasteiger partial charge in [0.1, 0.15) is 5.82 Å². The Labute approximate surface area is 83.1 Å². The molecule has 0 aliphatic carbocycles. The fraction of sp³-hybridized carbons (Fsp3) is 0. The Morgan fingerprint density at radius 1 is 1.00 bits per heavy atom. The third-order valence-electron chi connectivity index (χ3n) is 2.15. The highest BCUT2D eigenvalue weighted by Gasteiger charge is 2.10. The molecule has 0 aliphatic rings. The zero-order valence-corrected chi connectivity index (χ0v) is 7.43. The molecular weight excluding hydrogens is 205 g/mol. The van der Waals surface area contributed by atoms with Gasteiger partial charge in [0.15, 0.2) is 17.9 Å². The summed E-state index contributed by atoms with van der Waals surface area (Å²) < 4.78 is 39.1. The van der Waals surface area contributed by atoms with E-state index < -0.39 is 17.5 Å². The first-order valence-corrected chi connectivity index (χ1v) is 4.16. The molecular formula is C11H5F3O. The largest absolute Gasteiger partial charge is 0.298 e. The summed E-state index contributed by atoms with van der Waals surface area (Å²) in [5.41, 5.74) is -0.173. The molecule has 4 heteroatoms. The van der Waals surface area contributed by atoms with E-state index in [0.29, 0.717) is 6.29 Å². The van der Waals surface area contributed by atoms with Crippen LogP contribution in [0.5, 0.6) is 0 Å². The van der Waals surface area contributed by atoms with E-state index in [4.69, 9.17) is 0 Å². The van der Waals surface area contributed by atoms with Gasteiger partial charge in [-0.15, -0.1) is 0 Å². The molecule has 0 N–H and O–H groups in total. The molecule has 0 atom stereocenters. The summed E-state index contributed by atoms with van der Waals surface area (Å²) in [5, 5.41) is 0.121. The molecule has 0 saturated heterocycles. The lowest BCUT2D eigenvalue weighted by atomic mass is 10.1.